The summed E-state index contributed by atoms with van der Waals surface area (Å²) in [5.74, 6) is -0.245. The van der Waals surface area contributed by atoms with Crippen LogP contribution in [-0.4, -0.2) is 60.4 Å². The van der Waals surface area contributed by atoms with Crippen molar-refractivity contribution in [3.05, 3.63) is 23.2 Å². The topological polar surface area (TPSA) is 70.7 Å². The van der Waals surface area contributed by atoms with E-state index in [1.54, 1.807) is 12.1 Å². The highest BCUT2D eigenvalue weighted by Crippen LogP contribution is 2.38. The van der Waals surface area contributed by atoms with E-state index >= 15 is 0 Å². The number of thioether (sulfide) groups is 1. The lowest BCUT2D eigenvalue weighted by atomic mass is 10.2. The first-order valence-corrected chi connectivity index (χ1v) is 10.6. The van der Waals surface area contributed by atoms with Gasteiger partial charge in [0.05, 0.1) is 23.1 Å². The Hall–Kier alpha value is -1.28. The molecule has 2 aliphatic rings. The normalized spacial score (nSPS) is 25.6. The van der Waals surface area contributed by atoms with Crippen LogP contribution in [0, 0.1) is 0 Å². The molecule has 148 valence electrons. The van der Waals surface area contributed by atoms with E-state index in [9.17, 15) is 9.59 Å². The third-order valence-electron chi connectivity index (χ3n) is 4.60. The van der Waals surface area contributed by atoms with Gasteiger partial charge in [0, 0.05) is 42.5 Å². The molecule has 0 spiro atoms. The summed E-state index contributed by atoms with van der Waals surface area (Å²) in [6.45, 7) is 7.59. The third-order valence-corrected chi connectivity index (χ3v) is 6.11. The molecule has 3 atom stereocenters. The first kappa shape index (κ1) is 20.5. The van der Waals surface area contributed by atoms with Crippen molar-refractivity contribution >= 4 is 40.9 Å². The summed E-state index contributed by atoms with van der Waals surface area (Å²) in [6, 6.07) is 5.39. The van der Waals surface area contributed by atoms with Crippen LogP contribution in [0.4, 0.5) is 5.69 Å². The molecule has 1 fully saturated rings. The van der Waals surface area contributed by atoms with Crippen molar-refractivity contribution in [2.24, 2.45) is 0 Å². The van der Waals surface area contributed by atoms with E-state index in [0.29, 0.717) is 17.3 Å². The predicted octanol–water partition coefficient (Wildman–Crippen LogP) is 2.76. The van der Waals surface area contributed by atoms with Crippen molar-refractivity contribution in [3.63, 3.8) is 0 Å². The van der Waals surface area contributed by atoms with Gasteiger partial charge in [-0.15, -0.1) is 11.8 Å². The van der Waals surface area contributed by atoms with Gasteiger partial charge >= 0.3 is 0 Å². The van der Waals surface area contributed by atoms with Crippen LogP contribution < -0.4 is 10.6 Å². The quantitative estimate of drug-likeness (QED) is 0.704. The smallest absolute Gasteiger partial charge is 0.238 e. The summed E-state index contributed by atoms with van der Waals surface area (Å²) in [6.07, 6.45) is 1.56. The van der Waals surface area contributed by atoms with Crippen molar-refractivity contribution in [2.75, 3.05) is 31.5 Å². The summed E-state index contributed by atoms with van der Waals surface area (Å²) < 4.78 is 5.73. The first-order chi connectivity index (χ1) is 12.9. The fourth-order valence-corrected chi connectivity index (χ4v) is 4.76. The van der Waals surface area contributed by atoms with Crippen LogP contribution in [0.25, 0.3) is 0 Å². The number of hydrogen-bond donors (Lipinski definition) is 2. The van der Waals surface area contributed by atoms with Crippen LogP contribution in [-0.2, 0) is 14.3 Å². The number of hydrogen-bond acceptors (Lipinski definition) is 5. The second-order valence-electron chi connectivity index (χ2n) is 7.16. The van der Waals surface area contributed by atoms with Gasteiger partial charge in [-0.3, -0.25) is 14.5 Å². The number of carbonyl (C=O) groups excluding carboxylic acids is 2. The van der Waals surface area contributed by atoms with Crippen LogP contribution in [0.3, 0.4) is 0 Å². The molecule has 27 heavy (non-hydrogen) atoms. The summed E-state index contributed by atoms with van der Waals surface area (Å²) >= 11 is 7.36. The molecule has 1 aromatic carbocycles. The second-order valence-corrected chi connectivity index (χ2v) is 8.84. The zero-order chi connectivity index (χ0) is 19.4. The lowest BCUT2D eigenvalue weighted by molar-refractivity contribution is -0.124. The number of rotatable bonds is 6. The van der Waals surface area contributed by atoms with Gasteiger partial charge in [-0.2, -0.15) is 0 Å². The van der Waals surface area contributed by atoms with Gasteiger partial charge in [-0.25, -0.2) is 0 Å². The molecular weight excluding hydrogens is 386 g/mol. The highest BCUT2D eigenvalue weighted by atomic mass is 35.5. The predicted molar refractivity (Wildman–Crippen MR) is 108 cm³/mol. The molecule has 0 aliphatic carbocycles. The molecule has 0 radical (unpaired) electrons. The third kappa shape index (κ3) is 5.85. The lowest BCUT2D eigenvalue weighted by Crippen LogP contribution is -2.46. The number of carbonyl (C=O) groups is 2. The van der Waals surface area contributed by atoms with Gasteiger partial charge in [-0.1, -0.05) is 11.6 Å². The number of morpholine rings is 1. The zero-order valence-corrected chi connectivity index (χ0v) is 17.2. The molecule has 2 heterocycles. The van der Waals surface area contributed by atoms with Crippen molar-refractivity contribution in [3.8, 4) is 0 Å². The number of nitrogens with zero attached hydrogens (tertiary/aromatic N) is 1. The molecule has 1 aromatic rings. The number of benzene rings is 1. The average molecular weight is 412 g/mol. The van der Waals surface area contributed by atoms with Gasteiger partial charge < -0.3 is 15.4 Å². The van der Waals surface area contributed by atoms with Crippen LogP contribution >= 0.6 is 23.4 Å². The molecule has 2 N–H and O–H groups in total. The fourth-order valence-electron chi connectivity index (χ4n) is 3.50. The van der Waals surface area contributed by atoms with E-state index in [-0.39, 0.29) is 30.4 Å². The molecule has 2 aliphatic heterocycles. The average Bonchev–Trinajstić information content (AvgIpc) is 2.59. The Morgan fingerprint density at radius 2 is 2.11 bits per heavy atom. The molecule has 1 saturated heterocycles. The van der Waals surface area contributed by atoms with Crippen molar-refractivity contribution < 1.29 is 14.3 Å². The fraction of sp³-hybridized carbons (Fsp3) is 0.579. The van der Waals surface area contributed by atoms with Crippen molar-refractivity contribution in [2.45, 2.75) is 49.0 Å². The Morgan fingerprint density at radius 1 is 1.37 bits per heavy atom. The van der Waals surface area contributed by atoms with E-state index in [4.69, 9.17) is 16.3 Å². The summed E-state index contributed by atoms with van der Waals surface area (Å²) in [7, 11) is 0. The highest BCUT2D eigenvalue weighted by Gasteiger charge is 2.29. The van der Waals surface area contributed by atoms with E-state index in [1.807, 2.05) is 6.07 Å². The Balaban J connectivity index is 1.39. The van der Waals surface area contributed by atoms with Gasteiger partial charge in [-0.05, 0) is 38.5 Å². The first-order valence-electron chi connectivity index (χ1n) is 9.32. The maximum absolute atomic E-state index is 12.2. The maximum atomic E-state index is 12.2. The number of amides is 2. The molecule has 8 heteroatoms. The minimum absolute atomic E-state index is 0.0937. The van der Waals surface area contributed by atoms with Gasteiger partial charge in [0.2, 0.25) is 11.8 Å². The summed E-state index contributed by atoms with van der Waals surface area (Å²) in [5, 5.41) is 5.93. The Labute approximate surface area is 169 Å². The lowest BCUT2D eigenvalue weighted by Gasteiger charge is -2.35. The number of ether oxygens (including phenoxy) is 1. The Bertz CT molecular complexity index is 693. The van der Waals surface area contributed by atoms with Gasteiger partial charge in [0.25, 0.3) is 0 Å². The SMILES string of the molecule is C[C@@H]1CN(CCCNC(=O)C[C@@H]2Sc3ccc(Cl)cc3NC2=O)C[C@@H](C)O1. The van der Waals surface area contributed by atoms with Crippen molar-refractivity contribution in [1.29, 1.82) is 0 Å². The van der Waals surface area contributed by atoms with E-state index < -0.39 is 5.25 Å². The van der Waals surface area contributed by atoms with Crippen molar-refractivity contribution in [1.82, 2.24) is 10.2 Å². The second kappa shape index (κ2) is 9.28. The Morgan fingerprint density at radius 3 is 2.85 bits per heavy atom. The van der Waals surface area contributed by atoms with Crippen LogP contribution in [0.1, 0.15) is 26.7 Å². The van der Waals surface area contributed by atoms with E-state index in [1.165, 1.54) is 11.8 Å². The van der Waals surface area contributed by atoms with E-state index in [2.05, 4.69) is 29.4 Å². The molecule has 0 aromatic heterocycles. The monoisotopic (exact) mass is 411 g/mol. The van der Waals surface area contributed by atoms with Crippen LogP contribution in [0.2, 0.25) is 5.02 Å². The number of nitrogens with one attached hydrogen (secondary N) is 2. The summed E-state index contributed by atoms with van der Waals surface area (Å²) in [5.41, 5.74) is 0.711. The molecule has 6 nitrogen and oxygen atoms in total. The number of fused-ring (bicyclic) bond motifs is 1. The zero-order valence-electron chi connectivity index (χ0n) is 15.7. The molecular formula is C19H26ClN3O3S. The summed E-state index contributed by atoms with van der Waals surface area (Å²) in [4.78, 5) is 27.8. The number of halogens is 1. The molecule has 0 saturated carbocycles. The maximum Gasteiger partial charge on any atom is 0.238 e. The van der Waals surface area contributed by atoms with Crippen LogP contribution in [0.5, 0.6) is 0 Å². The molecule has 0 bridgehead atoms. The Kier molecular flexibility index (Phi) is 7.03. The molecule has 2 amide bonds. The molecule has 0 unspecified atom stereocenters. The molecule has 3 rings (SSSR count). The highest BCUT2D eigenvalue weighted by molar-refractivity contribution is 8.01. The standard InChI is InChI=1S/C19H26ClN3O3S/c1-12-10-23(11-13(2)26-12)7-3-6-21-18(24)9-17-19(25)22-15-8-14(20)4-5-16(15)27-17/h4-5,8,12-13,17H,3,6-7,9-11H2,1-2H3,(H,21,24)(H,22,25)/t12-,13-,17+/m1/s1. The largest absolute Gasteiger partial charge is 0.373 e. The van der Waals surface area contributed by atoms with Gasteiger partial charge in [0.15, 0.2) is 0 Å². The van der Waals surface area contributed by atoms with Crippen LogP contribution in [0.15, 0.2) is 23.1 Å². The van der Waals surface area contributed by atoms with Gasteiger partial charge in [0.1, 0.15) is 0 Å². The minimum atomic E-state index is -0.417. The minimum Gasteiger partial charge on any atom is -0.373 e. The van der Waals surface area contributed by atoms with E-state index in [0.717, 1.165) is 31.0 Å². The number of anilines is 1.